The van der Waals surface area contributed by atoms with Gasteiger partial charge in [0.05, 0.1) is 10.8 Å². The summed E-state index contributed by atoms with van der Waals surface area (Å²) in [6.07, 6.45) is 3.45. The minimum atomic E-state index is -1.72. The summed E-state index contributed by atoms with van der Waals surface area (Å²) < 4.78 is 126. The fourth-order valence-electron chi connectivity index (χ4n) is 13.9. The van der Waals surface area contributed by atoms with E-state index in [1.165, 1.54) is 12.1 Å². The van der Waals surface area contributed by atoms with E-state index in [-0.39, 0.29) is 16.9 Å². The summed E-state index contributed by atoms with van der Waals surface area (Å²) in [7, 11) is 0. The highest BCUT2D eigenvalue weighted by Gasteiger charge is 2.51. The van der Waals surface area contributed by atoms with Crippen molar-refractivity contribution < 1.29 is 40.2 Å². The Morgan fingerprint density at radius 1 is 0.287 bits per heavy atom. The van der Waals surface area contributed by atoms with Crippen LogP contribution in [-0.4, -0.2) is 0 Å². The molecular formula is C84H52F7NO2. The Kier molecular flexibility index (Phi) is 14.6. The Hall–Kier alpha value is -11.8. The van der Waals surface area contributed by atoms with E-state index in [0.717, 1.165) is 45.5 Å². The number of hydrogen-bond acceptors (Lipinski definition) is 3. The number of nitrogens with zero attached hydrogens (tertiary/aromatic N) is 1. The maximum absolute atomic E-state index is 17.4. The van der Waals surface area contributed by atoms with Gasteiger partial charge in [-0.05, 0) is 204 Å². The molecule has 0 fully saturated rings. The van der Waals surface area contributed by atoms with Crippen molar-refractivity contribution in [2.24, 2.45) is 0 Å². The molecule has 0 saturated carbocycles. The zero-order valence-corrected chi connectivity index (χ0v) is 50.0. The van der Waals surface area contributed by atoms with Crippen molar-refractivity contribution >= 4 is 29.2 Å². The molecule has 3 nitrogen and oxygen atoms in total. The fraction of sp³-hybridized carbons (Fsp3) is 0.0238. The van der Waals surface area contributed by atoms with Crippen LogP contribution < -0.4 is 14.4 Å². The maximum atomic E-state index is 17.4. The molecule has 0 spiro atoms. The highest BCUT2D eigenvalue weighted by molar-refractivity contribution is 5.93. The Balaban J connectivity index is 0.955. The lowest BCUT2D eigenvalue weighted by atomic mass is 9.67. The third-order valence-electron chi connectivity index (χ3n) is 18.1. The zero-order valence-electron chi connectivity index (χ0n) is 50.0. The van der Waals surface area contributed by atoms with Crippen LogP contribution in [0.3, 0.4) is 0 Å². The van der Waals surface area contributed by atoms with Gasteiger partial charge in [-0.2, -0.15) is 0 Å². The molecule has 0 N–H and O–H groups in total. The molecule has 2 atom stereocenters. The van der Waals surface area contributed by atoms with Crippen molar-refractivity contribution in [2.75, 3.05) is 4.90 Å². The van der Waals surface area contributed by atoms with E-state index in [0.29, 0.717) is 108 Å². The van der Waals surface area contributed by atoms with Gasteiger partial charge in [0.15, 0.2) is 23.3 Å². The number of fused-ring (bicyclic) bond motifs is 6. The van der Waals surface area contributed by atoms with Crippen molar-refractivity contribution in [3.8, 4) is 67.5 Å². The van der Waals surface area contributed by atoms with E-state index in [1.54, 1.807) is 72.8 Å². The zero-order chi connectivity index (χ0) is 64.4. The smallest absolute Gasteiger partial charge is 0.163 e. The van der Waals surface area contributed by atoms with Gasteiger partial charge in [0.25, 0.3) is 0 Å². The van der Waals surface area contributed by atoms with Crippen LogP contribution in [0.2, 0.25) is 0 Å². The lowest BCUT2D eigenvalue weighted by Gasteiger charge is -2.36. The maximum Gasteiger partial charge on any atom is 0.163 e. The van der Waals surface area contributed by atoms with Gasteiger partial charge in [-0.15, -0.1) is 0 Å². The number of anilines is 3. The average molecular weight is 1240 g/mol. The molecule has 94 heavy (non-hydrogen) atoms. The van der Waals surface area contributed by atoms with E-state index in [9.17, 15) is 4.39 Å². The summed E-state index contributed by atoms with van der Waals surface area (Å²) in [6, 6.07) is 80.3. The number of rotatable bonds is 15. The van der Waals surface area contributed by atoms with E-state index >= 15 is 26.3 Å². The number of hydrogen-bond donors (Lipinski definition) is 0. The largest absolute Gasteiger partial charge is 0.457 e. The number of halogens is 7. The van der Waals surface area contributed by atoms with Gasteiger partial charge in [0, 0.05) is 40.3 Å². The molecule has 10 heteroatoms. The second kappa shape index (κ2) is 23.5. The summed E-state index contributed by atoms with van der Waals surface area (Å²) >= 11 is 0. The Bertz CT molecular complexity index is 4870. The molecule has 0 amide bonds. The molecule has 13 aromatic rings. The molecule has 2 aliphatic rings. The molecule has 2 unspecified atom stereocenters. The third-order valence-corrected chi connectivity index (χ3v) is 18.1. The normalized spacial score (nSPS) is 14.9. The standard InChI is InChI=1S/C84H52F7NO2/c1-3-51-16-34-65(35-17-51)93-67-38-24-57(25-39-67)83(77-45-60(86)47-79(88)81(77)90)73-14-7-5-12-69(73)71-42-32-63(49-75(71)83)92(62-30-22-54(23-31-62)56-11-9-10-55(44-56)53-20-28-59(85)29-21-53)64-33-43-72-70-13-6-8-15-74(70)84(76(72)50-64,78-46-61(87)48-80(89)82(78)91)58-26-40-68(41-27-58)94-66-36-18-52(4-2)19-37-66/h3-50H,1-2H2. The van der Waals surface area contributed by atoms with Crippen molar-refractivity contribution in [1.29, 1.82) is 0 Å². The van der Waals surface area contributed by atoms with Crippen LogP contribution in [-0.2, 0) is 10.8 Å². The highest BCUT2D eigenvalue weighted by atomic mass is 19.2. The summed E-state index contributed by atoms with van der Waals surface area (Å²) in [5.74, 6) is -5.56. The minimum absolute atomic E-state index is 0.271. The summed E-state index contributed by atoms with van der Waals surface area (Å²) in [5, 5.41) is 0. The fourth-order valence-corrected chi connectivity index (χ4v) is 13.9. The first-order valence-electron chi connectivity index (χ1n) is 30.4. The second-order valence-corrected chi connectivity index (χ2v) is 23.3. The van der Waals surface area contributed by atoms with E-state index < -0.39 is 45.7 Å². The van der Waals surface area contributed by atoms with Crippen LogP contribution in [0.1, 0.15) is 55.6 Å². The van der Waals surface area contributed by atoms with Crippen molar-refractivity contribution in [3.05, 3.63) is 389 Å². The highest BCUT2D eigenvalue weighted by Crippen LogP contribution is 2.61. The van der Waals surface area contributed by atoms with Crippen LogP contribution in [0.25, 0.3) is 56.7 Å². The lowest BCUT2D eigenvalue weighted by Crippen LogP contribution is -2.31. The molecular weight excluding hydrogens is 1190 g/mol. The van der Waals surface area contributed by atoms with Gasteiger partial charge in [0.2, 0.25) is 0 Å². The van der Waals surface area contributed by atoms with Gasteiger partial charge in [0.1, 0.15) is 40.4 Å². The molecule has 13 aromatic carbocycles. The van der Waals surface area contributed by atoms with Gasteiger partial charge >= 0.3 is 0 Å². The van der Waals surface area contributed by atoms with Gasteiger partial charge in [-0.3, -0.25) is 0 Å². The van der Waals surface area contributed by atoms with E-state index in [2.05, 4.69) is 13.2 Å². The molecule has 0 aromatic heterocycles. The molecule has 0 aliphatic heterocycles. The minimum Gasteiger partial charge on any atom is -0.457 e. The molecule has 0 radical (unpaired) electrons. The first-order chi connectivity index (χ1) is 45.8. The molecule has 2 aliphatic carbocycles. The SMILES string of the molecule is C=Cc1ccc(Oc2ccc(C3(c4cc(F)cc(F)c4F)c4ccccc4-c4ccc(N(c5ccc(-c6cccc(-c7ccc(F)cc7)c6)cc5)c5ccc6c(c5)C(c5ccc(Oc7ccc(C=C)cc7)cc5)(c5cc(F)cc(F)c5F)c5ccccc5-6)cc43)cc2)cc1. The topological polar surface area (TPSA) is 21.7 Å². The molecule has 454 valence electrons. The first kappa shape index (κ1) is 58.6. The Morgan fingerprint density at radius 2 is 0.660 bits per heavy atom. The molecule has 0 saturated heterocycles. The van der Waals surface area contributed by atoms with Gasteiger partial charge < -0.3 is 14.4 Å². The van der Waals surface area contributed by atoms with Crippen LogP contribution in [0, 0.1) is 40.7 Å². The third kappa shape index (κ3) is 9.85. The average Bonchev–Trinajstić information content (AvgIpc) is 1.52. The van der Waals surface area contributed by atoms with Crippen LogP contribution in [0.4, 0.5) is 47.8 Å². The number of ether oxygens (including phenoxy) is 2. The van der Waals surface area contributed by atoms with Gasteiger partial charge in [-0.25, -0.2) is 30.7 Å². The van der Waals surface area contributed by atoms with Crippen molar-refractivity contribution in [1.82, 2.24) is 0 Å². The quantitative estimate of drug-likeness (QED) is 0.0754. The molecule has 0 bridgehead atoms. The van der Waals surface area contributed by atoms with E-state index in [4.69, 9.17) is 9.47 Å². The monoisotopic (exact) mass is 1240 g/mol. The summed E-state index contributed by atoms with van der Waals surface area (Å²) in [4.78, 5) is 1.98. The van der Waals surface area contributed by atoms with Crippen molar-refractivity contribution in [2.45, 2.75) is 10.8 Å². The summed E-state index contributed by atoms with van der Waals surface area (Å²) in [6.45, 7) is 7.70. The van der Waals surface area contributed by atoms with Gasteiger partial charge in [-0.1, -0.05) is 177 Å². The molecule has 0 heterocycles. The Labute approximate surface area is 538 Å². The Morgan fingerprint density at radius 3 is 1.07 bits per heavy atom. The molecule has 15 rings (SSSR count). The lowest BCUT2D eigenvalue weighted by molar-refractivity contribution is 0.473. The van der Waals surface area contributed by atoms with Crippen molar-refractivity contribution in [3.63, 3.8) is 0 Å². The second-order valence-electron chi connectivity index (χ2n) is 23.3. The first-order valence-corrected chi connectivity index (χ1v) is 30.4. The number of benzene rings is 13. The predicted octanol–water partition coefficient (Wildman–Crippen LogP) is 23.1. The van der Waals surface area contributed by atoms with Crippen LogP contribution in [0.15, 0.2) is 292 Å². The predicted molar refractivity (Wildman–Crippen MR) is 360 cm³/mol. The van der Waals surface area contributed by atoms with Crippen LogP contribution in [0.5, 0.6) is 23.0 Å². The summed E-state index contributed by atoms with van der Waals surface area (Å²) in [5.41, 5.74) is 8.62. The van der Waals surface area contributed by atoms with E-state index in [1.807, 2.05) is 187 Å². The van der Waals surface area contributed by atoms with Crippen LogP contribution >= 0.6 is 0 Å².